The smallest absolute Gasteiger partial charge is 0.318 e. The Morgan fingerprint density at radius 1 is 1.06 bits per heavy atom. The number of nitrogen functional groups attached to an aromatic ring is 1. The molecule has 3 N–H and O–H groups in total. The summed E-state index contributed by atoms with van der Waals surface area (Å²) in [6.07, 6.45) is 0. The van der Waals surface area contributed by atoms with Gasteiger partial charge < -0.3 is 5.73 Å². The van der Waals surface area contributed by atoms with Crippen molar-refractivity contribution in [3.05, 3.63) is 53.4 Å². The lowest BCUT2D eigenvalue weighted by atomic mass is 10.1. The molecule has 18 heavy (non-hydrogen) atoms. The fraction of sp³-hybridized carbons (Fsp3) is 0. The van der Waals surface area contributed by atoms with Gasteiger partial charge in [0.15, 0.2) is 4.54 Å². The molecule has 0 amide bonds. The number of hydrogen-bond donors (Lipinski definition) is 2. The van der Waals surface area contributed by atoms with Crippen molar-refractivity contribution >= 4 is 17.0 Å². The first-order chi connectivity index (χ1) is 8.74. The molecule has 0 saturated heterocycles. The van der Waals surface area contributed by atoms with Gasteiger partial charge in [-0.25, -0.2) is 4.98 Å². The van der Waals surface area contributed by atoms with Crippen LogP contribution < -0.4 is 10.3 Å². The molecule has 1 heterocycles. The number of anilines is 1. The minimum absolute atomic E-state index is 0.102. The summed E-state index contributed by atoms with van der Waals surface area (Å²) >= 11 is 0. The van der Waals surface area contributed by atoms with Gasteiger partial charge in [-0.1, -0.05) is 41.5 Å². The number of nitrogens with one attached hydrogen (secondary N) is 1. The van der Waals surface area contributed by atoms with Crippen LogP contribution in [0.3, 0.4) is 0 Å². The van der Waals surface area contributed by atoms with Crippen molar-refractivity contribution in [1.29, 1.82) is 0 Å². The van der Waals surface area contributed by atoms with E-state index in [-0.39, 0.29) is 5.95 Å². The molecule has 0 bridgehead atoms. The fourth-order valence-electron chi connectivity index (χ4n) is 1.91. The Morgan fingerprint density at radius 2 is 1.83 bits per heavy atom. The van der Waals surface area contributed by atoms with Crippen LogP contribution in [0.25, 0.3) is 22.2 Å². The summed E-state index contributed by atoms with van der Waals surface area (Å²) in [5.41, 5.74) is 8.54. The minimum Gasteiger partial charge on any atom is -0.365 e. The van der Waals surface area contributed by atoms with Gasteiger partial charge >= 0.3 is 5.52 Å². The van der Waals surface area contributed by atoms with Crippen LogP contribution in [0, 0.1) is 4.91 Å². The molecule has 0 spiro atoms. The molecule has 2 aromatic carbocycles. The van der Waals surface area contributed by atoms with E-state index in [1.807, 2.05) is 36.4 Å². The van der Waals surface area contributed by atoms with Crippen molar-refractivity contribution in [1.82, 2.24) is 10.1 Å². The summed E-state index contributed by atoms with van der Waals surface area (Å²) in [6, 6.07) is 15.3. The predicted molar refractivity (Wildman–Crippen MR) is 69.3 cm³/mol. The van der Waals surface area contributed by atoms with Crippen molar-refractivity contribution in [2.24, 2.45) is 0 Å². The summed E-state index contributed by atoms with van der Waals surface area (Å²) in [5, 5.41) is 2.42. The Labute approximate surface area is 102 Å². The number of fused-ring (bicyclic) bond motifs is 1. The van der Waals surface area contributed by atoms with Gasteiger partial charge in [0.1, 0.15) is 5.52 Å². The van der Waals surface area contributed by atoms with Crippen LogP contribution in [0.4, 0.5) is 5.95 Å². The lowest BCUT2D eigenvalue weighted by Crippen LogP contribution is -2.23. The fourth-order valence-corrected chi connectivity index (χ4v) is 1.91. The first kappa shape index (κ1) is 10.5. The van der Waals surface area contributed by atoms with Gasteiger partial charge in [-0.05, 0) is 17.2 Å². The molecular formula is C13H11N4O+. The summed E-state index contributed by atoms with van der Waals surface area (Å²) in [6.45, 7) is 0. The zero-order valence-corrected chi connectivity index (χ0v) is 9.50. The van der Waals surface area contributed by atoms with E-state index in [2.05, 4.69) is 10.1 Å². The number of aromatic amines is 1. The van der Waals surface area contributed by atoms with Gasteiger partial charge in [0.25, 0.3) is 5.95 Å². The summed E-state index contributed by atoms with van der Waals surface area (Å²) in [7, 11) is 0. The van der Waals surface area contributed by atoms with E-state index in [0.29, 0.717) is 15.6 Å². The highest BCUT2D eigenvalue weighted by Crippen LogP contribution is 2.21. The molecule has 5 heteroatoms. The Kier molecular flexibility index (Phi) is 2.30. The molecule has 5 nitrogen and oxygen atoms in total. The summed E-state index contributed by atoms with van der Waals surface area (Å²) in [4.78, 5) is 15.8. The zero-order valence-electron chi connectivity index (χ0n) is 9.50. The Bertz CT molecular complexity index is 765. The molecule has 3 rings (SSSR count). The first-order valence-electron chi connectivity index (χ1n) is 5.51. The van der Waals surface area contributed by atoms with Gasteiger partial charge in [0, 0.05) is 6.07 Å². The van der Waals surface area contributed by atoms with Crippen molar-refractivity contribution in [2.75, 3.05) is 5.73 Å². The average molecular weight is 239 g/mol. The standard InChI is InChI=1S/C13H11N4O/c14-13-15-11-7-6-10(8-12(11)17(18)16-13)9-4-2-1-3-5-9/h1-8H,(H3,14,15,16,18)/q+1. The third-order valence-electron chi connectivity index (χ3n) is 2.76. The number of H-pyrrole nitrogens is 1. The molecule has 0 aliphatic rings. The van der Waals surface area contributed by atoms with Crippen LogP contribution in [-0.2, 0) is 0 Å². The lowest BCUT2D eigenvalue weighted by Gasteiger charge is -2.00. The Hall–Kier alpha value is -2.69. The second-order valence-corrected chi connectivity index (χ2v) is 3.97. The van der Waals surface area contributed by atoms with Crippen LogP contribution in [0.5, 0.6) is 0 Å². The predicted octanol–water partition coefficient (Wildman–Crippen LogP) is 1.73. The monoisotopic (exact) mass is 239 g/mol. The van der Waals surface area contributed by atoms with E-state index >= 15 is 0 Å². The molecule has 88 valence electrons. The second-order valence-electron chi connectivity index (χ2n) is 3.97. The van der Waals surface area contributed by atoms with Gasteiger partial charge in [0.2, 0.25) is 0 Å². The second kappa shape index (κ2) is 3.96. The van der Waals surface area contributed by atoms with Gasteiger partial charge in [-0.3, -0.25) is 0 Å². The van der Waals surface area contributed by atoms with Crippen molar-refractivity contribution in [2.45, 2.75) is 0 Å². The van der Waals surface area contributed by atoms with Crippen molar-refractivity contribution in [3.8, 4) is 11.1 Å². The molecule has 0 fully saturated rings. The quantitative estimate of drug-likeness (QED) is 0.635. The maximum atomic E-state index is 11.7. The summed E-state index contributed by atoms with van der Waals surface area (Å²) < 4.78 is 0.629. The average Bonchev–Trinajstić information content (AvgIpc) is 2.39. The minimum atomic E-state index is 0.102. The van der Waals surface area contributed by atoms with Crippen LogP contribution in [0.15, 0.2) is 48.5 Å². The van der Waals surface area contributed by atoms with Crippen LogP contribution in [0.1, 0.15) is 0 Å². The number of benzene rings is 2. The maximum Gasteiger partial charge on any atom is 0.318 e. The van der Waals surface area contributed by atoms with Gasteiger partial charge in [-0.2, -0.15) is 0 Å². The third kappa shape index (κ3) is 1.71. The van der Waals surface area contributed by atoms with Crippen LogP contribution in [0.2, 0.25) is 0 Å². The third-order valence-corrected chi connectivity index (χ3v) is 2.76. The first-order valence-corrected chi connectivity index (χ1v) is 5.51. The number of rotatable bonds is 1. The topological polar surface area (TPSA) is 77.7 Å². The van der Waals surface area contributed by atoms with Gasteiger partial charge in [-0.15, -0.1) is 0 Å². The SMILES string of the molecule is Nc1nc2ccc(-c3ccccc3)cc2[n+](=O)[nH]1. The van der Waals surface area contributed by atoms with E-state index in [0.717, 1.165) is 11.1 Å². The molecule has 0 atom stereocenters. The highest BCUT2D eigenvalue weighted by Gasteiger charge is 2.11. The lowest BCUT2D eigenvalue weighted by molar-refractivity contribution is -0.534. The van der Waals surface area contributed by atoms with Crippen LogP contribution >= 0.6 is 0 Å². The summed E-state index contributed by atoms with van der Waals surface area (Å²) in [5.74, 6) is 0.102. The molecule has 0 radical (unpaired) electrons. The van der Waals surface area contributed by atoms with Crippen molar-refractivity contribution < 1.29 is 4.54 Å². The largest absolute Gasteiger partial charge is 0.365 e. The van der Waals surface area contributed by atoms with Gasteiger partial charge in [0.05, 0.1) is 4.91 Å². The zero-order chi connectivity index (χ0) is 12.5. The number of aromatic nitrogens is 3. The molecule has 3 aromatic rings. The maximum absolute atomic E-state index is 11.7. The van der Waals surface area contributed by atoms with Crippen LogP contribution in [-0.4, -0.2) is 10.1 Å². The Balaban J connectivity index is 2.27. The van der Waals surface area contributed by atoms with E-state index in [9.17, 15) is 4.91 Å². The van der Waals surface area contributed by atoms with E-state index in [1.54, 1.807) is 12.1 Å². The molecule has 0 aliphatic heterocycles. The highest BCUT2D eigenvalue weighted by atomic mass is 16.3. The Morgan fingerprint density at radius 3 is 2.61 bits per heavy atom. The molecule has 1 aromatic heterocycles. The number of nitrogens with zero attached hydrogens (tertiary/aromatic N) is 2. The number of nitrogens with two attached hydrogens (primary N) is 1. The van der Waals surface area contributed by atoms with E-state index in [4.69, 9.17) is 5.73 Å². The van der Waals surface area contributed by atoms with E-state index in [1.165, 1.54) is 0 Å². The highest BCUT2D eigenvalue weighted by molar-refractivity contribution is 5.79. The molecule has 0 saturated carbocycles. The molecule has 0 aliphatic carbocycles. The van der Waals surface area contributed by atoms with E-state index < -0.39 is 0 Å². The van der Waals surface area contributed by atoms with Crippen molar-refractivity contribution in [3.63, 3.8) is 0 Å². The normalized spacial score (nSPS) is 10.7. The molecular weight excluding hydrogens is 228 g/mol. The molecule has 0 unspecified atom stereocenters. The number of hydrogen-bond acceptors (Lipinski definition) is 3.